The van der Waals surface area contributed by atoms with Crippen LogP contribution in [0.5, 0.6) is 0 Å². The zero-order chi connectivity index (χ0) is 13.8. The molecule has 19 heavy (non-hydrogen) atoms. The number of nitrogens with one attached hydrogen (secondary N) is 1. The second-order valence-corrected chi connectivity index (χ2v) is 5.14. The minimum atomic E-state index is -0.408. The van der Waals surface area contributed by atoms with E-state index in [1.165, 1.54) is 11.3 Å². The second kappa shape index (κ2) is 6.04. The summed E-state index contributed by atoms with van der Waals surface area (Å²) in [5.41, 5.74) is 2.24. The van der Waals surface area contributed by atoms with E-state index in [-0.39, 0.29) is 0 Å². The van der Waals surface area contributed by atoms with Crippen LogP contribution in [-0.4, -0.2) is 17.6 Å². The molecule has 2 aromatic rings. The van der Waals surface area contributed by atoms with E-state index in [9.17, 15) is 4.79 Å². The molecule has 0 bridgehead atoms. The first-order valence-corrected chi connectivity index (χ1v) is 7.01. The third kappa shape index (κ3) is 3.45. The predicted octanol–water partition coefficient (Wildman–Crippen LogP) is 4.03. The summed E-state index contributed by atoms with van der Waals surface area (Å²) in [7, 11) is 0. The van der Waals surface area contributed by atoms with Crippen molar-refractivity contribution in [2.45, 2.75) is 13.8 Å². The molecule has 0 saturated carbocycles. The molecule has 0 amide bonds. The number of rotatable bonds is 4. The summed E-state index contributed by atoms with van der Waals surface area (Å²) in [6.07, 6.45) is 0. The maximum Gasteiger partial charge on any atom is 0.357 e. The van der Waals surface area contributed by atoms with E-state index >= 15 is 0 Å². The van der Waals surface area contributed by atoms with Gasteiger partial charge in [0.15, 0.2) is 10.8 Å². The Balaban J connectivity index is 2.15. The van der Waals surface area contributed by atoms with Crippen LogP contribution in [0.2, 0.25) is 5.02 Å². The first kappa shape index (κ1) is 13.8. The molecule has 6 heteroatoms. The standard InChI is InChI=1S/C13H13ClN2O2S/c1-3-18-12(17)11-7-19-13(16-11)15-10-6-9(14)5-4-8(10)2/h4-7H,3H2,1-2H3,(H,15,16). The molecule has 0 unspecified atom stereocenters. The van der Waals surface area contributed by atoms with E-state index < -0.39 is 5.97 Å². The Labute approximate surface area is 120 Å². The van der Waals surface area contributed by atoms with Crippen molar-refractivity contribution in [3.05, 3.63) is 39.9 Å². The maximum atomic E-state index is 11.5. The lowest BCUT2D eigenvalue weighted by Crippen LogP contribution is -2.05. The molecule has 1 aromatic heterocycles. The van der Waals surface area contributed by atoms with Crippen molar-refractivity contribution < 1.29 is 9.53 Å². The van der Waals surface area contributed by atoms with Crippen molar-refractivity contribution in [2.24, 2.45) is 0 Å². The van der Waals surface area contributed by atoms with Crippen LogP contribution in [0.3, 0.4) is 0 Å². The summed E-state index contributed by atoms with van der Waals surface area (Å²) < 4.78 is 4.89. The Morgan fingerprint density at radius 2 is 2.32 bits per heavy atom. The van der Waals surface area contributed by atoms with Gasteiger partial charge in [-0.25, -0.2) is 9.78 Å². The smallest absolute Gasteiger partial charge is 0.357 e. The summed E-state index contributed by atoms with van der Waals surface area (Å²) in [6.45, 7) is 4.07. The Hall–Kier alpha value is -1.59. The highest BCUT2D eigenvalue weighted by Crippen LogP contribution is 2.26. The van der Waals surface area contributed by atoms with E-state index in [0.29, 0.717) is 22.5 Å². The zero-order valence-electron chi connectivity index (χ0n) is 10.6. The fourth-order valence-corrected chi connectivity index (χ4v) is 2.34. The number of hydrogen-bond donors (Lipinski definition) is 1. The Kier molecular flexibility index (Phi) is 4.39. The fourth-order valence-electron chi connectivity index (χ4n) is 1.47. The van der Waals surface area contributed by atoms with Crippen LogP contribution in [0.15, 0.2) is 23.6 Å². The van der Waals surface area contributed by atoms with Crippen molar-refractivity contribution in [1.82, 2.24) is 4.98 Å². The number of benzene rings is 1. The predicted molar refractivity (Wildman–Crippen MR) is 77.5 cm³/mol. The quantitative estimate of drug-likeness (QED) is 0.866. The van der Waals surface area contributed by atoms with Crippen LogP contribution in [0.25, 0.3) is 0 Å². The summed E-state index contributed by atoms with van der Waals surface area (Å²) >= 11 is 7.30. The normalized spacial score (nSPS) is 10.3. The molecule has 0 aliphatic heterocycles. The minimum Gasteiger partial charge on any atom is -0.461 e. The van der Waals surface area contributed by atoms with Crippen LogP contribution < -0.4 is 5.32 Å². The van der Waals surface area contributed by atoms with Gasteiger partial charge in [0.25, 0.3) is 0 Å². The summed E-state index contributed by atoms with van der Waals surface area (Å²) in [6, 6.07) is 5.57. The number of nitrogens with zero attached hydrogens (tertiary/aromatic N) is 1. The van der Waals surface area contributed by atoms with E-state index in [1.807, 2.05) is 25.1 Å². The first-order chi connectivity index (χ1) is 9.10. The van der Waals surface area contributed by atoms with Gasteiger partial charge in [-0.3, -0.25) is 0 Å². The molecule has 2 rings (SSSR count). The number of anilines is 2. The molecule has 1 heterocycles. The molecule has 0 spiro atoms. The van der Waals surface area contributed by atoms with Gasteiger partial charge in [0, 0.05) is 16.1 Å². The number of ether oxygens (including phenoxy) is 1. The number of thiazole rings is 1. The van der Waals surface area contributed by atoms with Crippen LogP contribution in [0.4, 0.5) is 10.8 Å². The SMILES string of the molecule is CCOC(=O)c1csc(Nc2cc(Cl)ccc2C)n1. The number of halogens is 1. The van der Waals surface area contributed by atoms with E-state index in [4.69, 9.17) is 16.3 Å². The number of carbonyl (C=O) groups is 1. The van der Waals surface area contributed by atoms with Gasteiger partial charge in [-0.15, -0.1) is 11.3 Å². The second-order valence-electron chi connectivity index (χ2n) is 3.84. The molecule has 0 fully saturated rings. The molecular formula is C13H13ClN2O2S. The average Bonchev–Trinajstić information content (AvgIpc) is 2.83. The highest BCUT2D eigenvalue weighted by molar-refractivity contribution is 7.14. The molecule has 4 nitrogen and oxygen atoms in total. The summed E-state index contributed by atoms with van der Waals surface area (Å²) in [5.74, 6) is -0.408. The first-order valence-electron chi connectivity index (χ1n) is 5.76. The zero-order valence-corrected chi connectivity index (χ0v) is 12.1. The van der Waals surface area contributed by atoms with Gasteiger partial charge >= 0.3 is 5.97 Å². The molecule has 1 aromatic carbocycles. The van der Waals surface area contributed by atoms with Crippen molar-refractivity contribution in [1.29, 1.82) is 0 Å². The highest BCUT2D eigenvalue weighted by atomic mass is 35.5. The van der Waals surface area contributed by atoms with Crippen LogP contribution >= 0.6 is 22.9 Å². The average molecular weight is 297 g/mol. The lowest BCUT2D eigenvalue weighted by molar-refractivity contribution is 0.0520. The molecule has 0 atom stereocenters. The van der Waals surface area contributed by atoms with E-state index in [2.05, 4.69) is 10.3 Å². The molecular weight excluding hydrogens is 284 g/mol. The Morgan fingerprint density at radius 1 is 1.53 bits per heavy atom. The fraction of sp³-hybridized carbons (Fsp3) is 0.231. The minimum absolute atomic E-state index is 0.314. The molecule has 0 radical (unpaired) electrons. The van der Waals surface area contributed by atoms with E-state index in [1.54, 1.807) is 12.3 Å². The van der Waals surface area contributed by atoms with Gasteiger partial charge in [-0.05, 0) is 31.5 Å². The number of aromatic nitrogens is 1. The third-order valence-corrected chi connectivity index (χ3v) is 3.42. The van der Waals surface area contributed by atoms with Crippen LogP contribution in [-0.2, 0) is 4.74 Å². The molecule has 0 saturated heterocycles. The summed E-state index contributed by atoms with van der Waals surface area (Å²) in [4.78, 5) is 15.7. The monoisotopic (exact) mass is 296 g/mol. The number of hydrogen-bond acceptors (Lipinski definition) is 5. The lowest BCUT2D eigenvalue weighted by atomic mass is 10.2. The largest absolute Gasteiger partial charge is 0.461 e. The highest BCUT2D eigenvalue weighted by Gasteiger charge is 2.12. The molecule has 100 valence electrons. The topological polar surface area (TPSA) is 51.2 Å². The van der Waals surface area contributed by atoms with Gasteiger partial charge in [-0.2, -0.15) is 0 Å². The number of aryl methyl sites for hydroxylation is 1. The third-order valence-electron chi connectivity index (χ3n) is 2.43. The summed E-state index contributed by atoms with van der Waals surface area (Å²) in [5, 5.41) is 6.09. The van der Waals surface area contributed by atoms with Gasteiger partial charge in [0.05, 0.1) is 6.61 Å². The number of carbonyl (C=O) groups excluding carboxylic acids is 1. The Morgan fingerprint density at radius 3 is 3.05 bits per heavy atom. The van der Waals surface area contributed by atoms with Crippen LogP contribution in [0.1, 0.15) is 23.0 Å². The van der Waals surface area contributed by atoms with Crippen molar-refractivity contribution in [3.63, 3.8) is 0 Å². The molecule has 0 aliphatic rings. The van der Waals surface area contributed by atoms with Crippen molar-refractivity contribution in [3.8, 4) is 0 Å². The Bertz CT molecular complexity index is 598. The lowest BCUT2D eigenvalue weighted by Gasteiger charge is -2.06. The van der Waals surface area contributed by atoms with Gasteiger partial charge in [0.1, 0.15) is 0 Å². The molecule has 0 aliphatic carbocycles. The maximum absolute atomic E-state index is 11.5. The van der Waals surface area contributed by atoms with Crippen LogP contribution in [0, 0.1) is 6.92 Å². The van der Waals surface area contributed by atoms with Gasteiger partial charge in [0.2, 0.25) is 0 Å². The molecule has 1 N–H and O–H groups in total. The van der Waals surface area contributed by atoms with Crippen molar-refractivity contribution in [2.75, 3.05) is 11.9 Å². The van der Waals surface area contributed by atoms with Crippen molar-refractivity contribution >= 4 is 39.7 Å². The van der Waals surface area contributed by atoms with Gasteiger partial charge < -0.3 is 10.1 Å². The van der Waals surface area contributed by atoms with Gasteiger partial charge in [-0.1, -0.05) is 17.7 Å². The van der Waals surface area contributed by atoms with E-state index in [0.717, 1.165) is 11.3 Å². The number of esters is 1.